The summed E-state index contributed by atoms with van der Waals surface area (Å²) in [5, 5.41) is 2.21. The molecule has 2 aromatic carbocycles. The number of hydroxylamine groups is 2. The normalized spacial score (nSPS) is 13.7. The number of amides is 1. The number of benzene rings is 2. The van der Waals surface area contributed by atoms with Crippen LogP contribution in [0.25, 0.3) is 10.9 Å². The van der Waals surface area contributed by atoms with Crippen LogP contribution in [-0.4, -0.2) is 48.5 Å². The average Bonchev–Trinajstić information content (AvgIpc) is 3.28. The molecule has 1 aliphatic heterocycles. The summed E-state index contributed by atoms with van der Waals surface area (Å²) in [6.07, 6.45) is 4.20. The third-order valence-corrected chi connectivity index (χ3v) is 8.83. The summed E-state index contributed by atoms with van der Waals surface area (Å²) >= 11 is 0. The third-order valence-electron chi connectivity index (χ3n) is 7.12. The van der Waals surface area contributed by atoms with E-state index in [0.717, 1.165) is 33.6 Å². The first kappa shape index (κ1) is 29.1. The number of aromatic nitrogens is 2. The van der Waals surface area contributed by atoms with Gasteiger partial charge in [-0.2, -0.15) is 0 Å². The largest absolute Gasteiger partial charge is 0.372 e. The smallest absolute Gasteiger partial charge is 0.296 e. The van der Waals surface area contributed by atoms with E-state index in [-0.39, 0.29) is 37.5 Å². The molecule has 1 amide bonds. The van der Waals surface area contributed by atoms with Crippen molar-refractivity contribution in [2.75, 3.05) is 19.9 Å². The third kappa shape index (κ3) is 7.07. The monoisotopic (exact) mass is 579 g/mol. The van der Waals surface area contributed by atoms with Crippen LogP contribution in [0.3, 0.4) is 0 Å². The molecule has 0 radical (unpaired) electrons. The van der Waals surface area contributed by atoms with Crippen LogP contribution in [0.4, 0.5) is 8.78 Å². The first-order chi connectivity index (χ1) is 19.7. The lowest BCUT2D eigenvalue weighted by Crippen LogP contribution is -2.39. The van der Waals surface area contributed by atoms with Crippen LogP contribution in [0.15, 0.2) is 60.9 Å². The van der Waals surface area contributed by atoms with Crippen LogP contribution in [0.5, 0.6) is 0 Å². The Bertz CT molecular complexity index is 1520. The van der Waals surface area contributed by atoms with E-state index in [4.69, 9.17) is 14.3 Å². The lowest BCUT2D eigenvalue weighted by atomic mass is 9.99. The predicted octanol–water partition coefficient (Wildman–Crippen LogP) is 6.32. The van der Waals surface area contributed by atoms with E-state index in [0.29, 0.717) is 37.4 Å². The van der Waals surface area contributed by atoms with Gasteiger partial charge in [-0.25, -0.2) is 23.7 Å². The van der Waals surface area contributed by atoms with Gasteiger partial charge in [0, 0.05) is 43.9 Å². The van der Waals surface area contributed by atoms with Crippen molar-refractivity contribution in [3.05, 3.63) is 101 Å². The summed E-state index contributed by atoms with van der Waals surface area (Å²) in [4.78, 5) is 23.6. The molecule has 3 heterocycles. The lowest BCUT2D eigenvalue weighted by Gasteiger charge is -2.27. The molecular weight excluding hydrogens is 544 g/mol. The van der Waals surface area contributed by atoms with Crippen molar-refractivity contribution in [3.63, 3.8) is 0 Å². The summed E-state index contributed by atoms with van der Waals surface area (Å²) < 4.78 is 41.3. The Morgan fingerprint density at radius 2 is 1.73 bits per heavy atom. The number of nitrogens with zero attached hydrogens (tertiary/aromatic N) is 3. The highest BCUT2D eigenvalue weighted by atomic mass is 28.3. The minimum atomic E-state index is -1.22. The molecule has 0 fully saturated rings. The van der Waals surface area contributed by atoms with Gasteiger partial charge in [0.05, 0.1) is 31.5 Å². The SMILES string of the molecule is C[Si](C)(C)CCOCON1CCc2c(ncc3c2c(COCc2ccccc2F)cn3Cc2ccc(F)cc2)C1=O. The molecule has 4 aromatic rings. The van der Waals surface area contributed by atoms with Gasteiger partial charge in [0.1, 0.15) is 17.3 Å². The summed E-state index contributed by atoms with van der Waals surface area (Å²) in [6, 6.07) is 13.9. The Hall–Kier alpha value is -3.44. The van der Waals surface area contributed by atoms with Gasteiger partial charge in [0.25, 0.3) is 5.91 Å². The van der Waals surface area contributed by atoms with Gasteiger partial charge in [-0.05, 0) is 41.8 Å². The maximum atomic E-state index is 14.2. The van der Waals surface area contributed by atoms with E-state index < -0.39 is 8.07 Å². The van der Waals surface area contributed by atoms with Gasteiger partial charge in [0.15, 0.2) is 6.79 Å². The highest BCUT2D eigenvalue weighted by Crippen LogP contribution is 2.31. The van der Waals surface area contributed by atoms with Gasteiger partial charge < -0.3 is 14.0 Å². The number of carbonyl (C=O) groups is 1. The zero-order valence-electron chi connectivity index (χ0n) is 23.7. The quantitative estimate of drug-likeness (QED) is 0.112. The molecule has 0 unspecified atom stereocenters. The maximum Gasteiger partial charge on any atom is 0.296 e. The van der Waals surface area contributed by atoms with Crippen molar-refractivity contribution in [3.8, 4) is 0 Å². The molecule has 0 spiro atoms. The molecule has 0 aliphatic carbocycles. The molecule has 0 saturated carbocycles. The van der Waals surface area contributed by atoms with Crippen LogP contribution < -0.4 is 0 Å². The fourth-order valence-corrected chi connectivity index (χ4v) is 5.63. The van der Waals surface area contributed by atoms with Crippen molar-refractivity contribution in [2.45, 2.75) is 51.9 Å². The fraction of sp³-hybridized carbons (Fsp3) is 0.355. The summed E-state index contributed by atoms with van der Waals surface area (Å²) in [5.74, 6) is -0.926. The molecule has 41 heavy (non-hydrogen) atoms. The molecule has 10 heteroatoms. The number of hydrogen-bond donors (Lipinski definition) is 0. The zero-order valence-corrected chi connectivity index (χ0v) is 24.7. The molecule has 7 nitrogen and oxygen atoms in total. The van der Waals surface area contributed by atoms with E-state index in [9.17, 15) is 13.6 Å². The number of carbonyl (C=O) groups excluding carboxylic acids is 1. The molecule has 216 valence electrons. The Balaban J connectivity index is 1.38. The van der Waals surface area contributed by atoms with Crippen LogP contribution in [0.2, 0.25) is 25.7 Å². The zero-order chi connectivity index (χ0) is 29.0. The lowest BCUT2D eigenvalue weighted by molar-refractivity contribution is -0.195. The molecule has 0 N–H and O–H groups in total. The van der Waals surface area contributed by atoms with Crippen LogP contribution in [0.1, 0.15) is 32.7 Å². The molecule has 0 bridgehead atoms. The predicted molar refractivity (Wildman–Crippen MR) is 155 cm³/mol. The number of pyridine rings is 1. The van der Waals surface area contributed by atoms with Crippen molar-refractivity contribution < 1.29 is 27.9 Å². The molecule has 5 rings (SSSR count). The van der Waals surface area contributed by atoms with Crippen LogP contribution in [-0.2, 0) is 40.5 Å². The highest BCUT2D eigenvalue weighted by molar-refractivity contribution is 6.76. The Kier molecular flexibility index (Phi) is 8.93. The molecule has 0 atom stereocenters. The van der Waals surface area contributed by atoms with Gasteiger partial charge in [0.2, 0.25) is 0 Å². The molecule has 1 aliphatic rings. The minimum Gasteiger partial charge on any atom is -0.372 e. The van der Waals surface area contributed by atoms with E-state index in [2.05, 4.69) is 24.6 Å². The van der Waals surface area contributed by atoms with Gasteiger partial charge >= 0.3 is 0 Å². The van der Waals surface area contributed by atoms with Crippen molar-refractivity contribution in [2.24, 2.45) is 0 Å². The highest BCUT2D eigenvalue weighted by Gasteiger charge is 2.30. The number of hydrogen-bond acceptors (Lipinski definition) is 5. The standard InChI is InChI=1S/C31H35F2N3O4Si/c1-41(2,3)15-14-38-21-40-36-13-12-26-29-24(20-39-19-23-6-4-5-7-27(23)33)18-35(17-22-8-10-25(32)11-9-22)28(29)16-34-30(26)31(36)37/h4-11,16,18H,12-15,17,19-21H2,1-3H3. The first-order valence-corrected chi connectivity index (χ1v) is 17.5. The Morgan fingerprint density at radius 1 is 0.976 bits per heavy atom. The van der Waals surface area contributed by atoms with E-state index >= 15 is 0 Å². The molecule has 0 saturated heterocycles. The number of fused-ring (bicyclic) bond motifs is 3. The van der Waals surface area contributed by atoms with Crippen molar-refractivity contribution >= 4 is 24.9 Å². The molecular formula is C31H35F2N3O4Si. The second kappa shape index (κ2) is 12.6. The number of halogens is 2. The summed E-state index contributed by atoms with van der Waals surface area (Å²) in [7, 11) is -1.22. The van der Waals surface area contributed by atoms with E-state index in [1.54, 1.807) is 36.5 Å². The van der Waals surface area contributed by atoms with Gasteiger partial charge in [-0.15, -0.1) is 0 Å². The second-order valence-electron chi connectivity index (χ2n) is 11.5. The molecule has 2 aromatic heterocycles. The first-order valence-electron chi connectivity index (χ1n) is 13.8. The van der Waals surface area contributed by atoms with Crippen LogP contribution >= 0.6 is 0 Å². The van der Waals surface area contributed by atoms with Gasteiger partial charge in [-0.3, -0.25) is 4.79 Å². The summed E-state index contributed by atoms with van der Waals surface area (Å²) in [6.45, 7) is 8.63. The van der Waals surface area contributed by atoms with E-state index in [1.165, 1.54) is 23.3 Å². The number of ether oxygens (including phenoxy) is 2. The topological polar surface area (TPSA) is 65.8 Å². The summed E-state index contributed by atoms with van der Waals surface area (Å²) in [5.41, 5.74) is 4.27. The maximum absolute atomic E-state index is 14.2. The van der Waals surface area contributed by atoms with Crippen molar-refractivity contribution in [1.29, 1.82) is 0 Å². The Morgan fingerprint density at radius 3 is 2.49 bits per heavy atom. The van der Waals surface area contributed by atoms with Crippen molar-refractivity contribution in [1.82, 2.24) is 14.6 Å². The van der Waals surface area contributed by atoms with E-state index in [1.807, 2.05) is 10.8 Å². The fourth-order valence-electron chi connectivity index (χ4n) is 4.87. The number of rotatable bonds is 12. The Labute approximate surface area is 239 Å². The van der Waals surface area contributed by atoms with Gasteiger partial charge in [-0.1, -0.05) is 50.0 Å². The average molecular weight is 580 g/mol. The second-order valence-corrected chi connectivity index (χ2v) is 17.1. The minimum absolute atomic E-state index is 0.0109. The van der Waals surface area contributed by atoms with Crippen LogP contribution in [0, 0.1) is 11.6 Å².